The highest BCUT2D eigenvalue weighted by molar-refractivity contribution is 7.93. The molecule has 2 rings (SSSR count). The van der Waals surface area contributed by atoms with Gasteiger partial charge in [-0.3, -0.25) is 9.59 Å². The lowest BCUT2D eigenvalue weighted by atomic mass is 10.0. The molecule has 7 heteroatoms. The summed E-state index contributed by atoms with van der Waals surface area (Å²) in [6.45, 7) is 2.20. The summed E-state index contributed by atoms with van der Waals surface area (Å²) in [6.07, 6.45) is 0.517. The summed E-state index contributed by atoms with van der Waals surface area (Å²) >= 11 is 0. The second kappa shape index (κ2) is 4.53. The van der Waals surface area contributed by atoms with Gasteiger partial charge in [-0.15, -0.1) is 0 Å². The van der Waals surface area contributed by atoms with Crippen LogP contribution in [0, 0.1) is 11.8 Å². The van der Waals surface area contributed by atoms with Crippen LogP contribution in [0.2, 0.25) is 0 Å². The van der Waals surface area contributed by atoms with E-state index in [1.165, 1.54) is 16.8 Å². The lowest BCUT2D eigenvalue weighted by molar-refractivity contribution is -0.131. The minimum Gasteiger partial charge on any atom is -0.332 e. The van der Waals surface area contributed by atoms with E-state index in [1.54, 1.807) is 6.92 Å². The second-order valence-corrected chi connectivity index (χ2v) is 7.10. The van der Waals surface area contributed by atoms with Crippen molar-refractivity contribution in [1.29, 1.82) is 0 Å². The van der Waals surface area contributed by atoms with E-state index in [4.69, 9.17) is 0 Å². The highest BCUT2D eigenvalue weighted by Crippen LogP contribution is 2.38. The molecule has 2 fully saturated rings. The summed E-state index contributed by atoms with van der Waals surface area (Å²) in [5, 5.41) is 0. The highest BCUT2D eigenvalue weighted by atomic mass is 32.2. The summed E-state index contributed by atoms with van der Waals surface area (Å²) in [6, 6.07) is 0. The van der Waals surface area contributed by atoms with Crippen LogP contribution in [-0.2, 0) is 19.4 Å². The van der Waals surface area contributed by atoms with Gasteiger partial charge >= 0.3 is 0 Å². The van der Waals surface area contributed by atoms with Crippen LogP contribution in [0.1, 0.15) is 19.8 Å². The van der Waals surface area contributed by atoms with Gasteiger partial charge in [0, 0.05) is 33.0 Å². The molecule has 0 atom stereocenters. The quantitative estimate of drug-likeness (QED) is 0.547. The zero-order chi connectivity index (χ0) is 14.3. The van der Waals surface area contributed by atoms with Crippen molar-refractivity contribution < 1.29 is 18.0 Å². The molecule has 2 aliphatic heterocycles. The van der Waals surface area contributed by atoms with E-state index >= 15 is 0 Å². The van der Waals surface area contributed by atoms with E-state index in [2.05, 4.69) is 11.8 Å². The van der Waals surface area contributed by atoms with Crippen LogP contribution in [0.15, 0.2) is 0 Å². The van der Waals surface area contributed by atoms with Crippen LogP contribution in [0.4, 0.5) is 0 Å². The van der Waals surface area contributed by atoms with Crippen LogP contribution in [0.5, 0.6) is 0 Å². The molecule has 1 spiro atoms. The van der Waals surface area contributed by atoms with Gasteiger partial charge in [0.25, 0.3) is 5.91 Å². The lowest BCUT2D eigenvalue weighted by Crippen LogP contribution is -2.55. The summed E-state index contributed by atoms with van der Waals surface area (Å²) in [7, 11) is -1.94. The molecule has 2 heterocycles. The number of sulfone groups is 1. The monoisotopic (exact) mass is 284 g/mol. The van der Waals surface area contributed by atoms with E-state index in [0.29, 0.717) is 13.1 Å². The Morgan fingerprint density at radius 1 is 1.32 bits per heavy atom. The van der Waals surface area contributed by atoms with Crippen molar-refractivity contribution in [2.75, 3.05) is 25.9 Å². The highest BCUT2D eigenvalue weighted by Gasteiger charge is 2.56. The minimum atomic E-state index is -3.47. The molecule has 0 bridgehead atoms. The molecule has 0 aromatic rings. The molecule has 2 amide bonds. The van der Waals surface area contributed by atoms with Crippen molar-refractivity contribution in [2.24, 2.45) is 0 Å². The zero-order valence-corrected chi connectivity index (χ0v) is 11.8. The Morgan fingerprint density at radius 3 is 2.32 bits per heavy atom. The normalized spacial score (nSPS) is 24.2. The number of hydrogen-bond acceptors (Lipinski definition) is 4. The van der Waals surface area contributed by atoms with Crippen molar-refractivity contribution in [3.05, 3.63) is 0 Å². The standard InChI is InChI=1S/C12H16N2O4S/c1-3-4-10(15)14-7-5-12(6-8-14)13(2)11(16)9-19(12,17)18/h5-9H2,1-2H3. The number of likely N-dealkylation sites (tertiary alicyclic amines) is 1. The van der Waals surface area contributed by atoms with Crippen molar-refractivity contribution in [2.45, 2.75) is 24.6 Å². The molecule has 0 saturated carbocycles. The maximum atomic E-state index is 12.2. The number of hydrogen-bond donors (Lipinski definition) is 0. The third-order valence-corrected chi connectivity index (χ3v) is 6.41. The molecule has 19 heavy (non-hydrogen) atoms. The van der Waals surface area contributed by atoms with Crippen LogP contribution < -0.4 is 0 Å². The topological polar surface area (TPSA) is 74.8 Å². The molecule has 2 saturated heterocycles. The van der Waals surface area contributed by atoms with Gasteiger partial charge in [-0.1, -0.05) is 5.92 Å². The average molecular weight is 284 g/mol. The largest absolute Gasteiger partial charge is 0.332 e. The Bertz CT molecular complexity index is 577. The summed E-state index contributed by atoms with van der Waals surface area (Å²) in [4.78, 5) is 25.0. The predicted octanol–water partition coefficient (Wildman–Crippen LogP) is -0.785. The fraction of sp³-hybridized carbons (Fsp3) is 0.667. The molecule has 0 aromatic carbocycles. The molecular weight excluding hydrogens is 268 g/mol. The Kier molecular flexibility index (Phi) is 3.31. The molecule has 0 aliphatic carbocycles. The van der Waals surface area contributed by atoms with Gasteiger partial charge in [-0.05, 0) is 12.8 Å². The number of nitrogens with zero attached hydrogens (tertiary/aromatic N) is 2. The van der Waals surface area contributed by atoms with E-state index in [-0.39, 0.29) is 24.7 Å². The first kappa shape index (κ1) is 13.9. The minimum absolute atomic E-state index is 0.259. The van der Waals surface area contributed by atoms with E-state index < -0.39 is 20.5 Å². The average Bonchev–Trinajstić information content (AvgIpc) is 2.51. The summed E-state index contributed by atoms with van der Waals surface area (Å²) in [5.74, 6) is 3.89. The Balaban J connectivity index is 2.20. The van der Waals surface area contributed by atoms with Gasteiger partial charge in [0.15, 0.2) is 9.84 Å². The molecule has 0 N–H and O–H groups in total. The number of carbonyl (C=O) groups excluding carboxylic acids is 2. The summed E-state index contributed by atoms with van der Waals surface area (Å²) < 4.78 is 24.3. The van der Waals surface area contributed by atoms with Crippen LogP contribution in [0.25, 0.3) is 0 Å². The van der Waals surface area contributed by atoms with Gasteiger partial charge in [0.05, 0.1) is 0 Å². The smallest absolute Gasteiger partial charge is 0.298 e. The lowest BCUT2D eigenvalue weighted by Gasteiger charge is -2.41. The van der Waals surface area contributed by atoms with Crippen LogP contribution >= 0.6 is 0 Å². The number of piperidine rings is 1. The van der Waals surface area contributed by atoms with E-state index in [1.807, 2.05) is 0 Å². The van der Waals surface area contributed by atoms with Crippen molar-refractivity contribution in [3.8, 4) is 11.8 Å². The maximum Gasteiger partial charge on any atom is 0.298 e. The van der Waals surface area contributed by atoms with Crippen molar-refractivity contribution in [1.82, 2.24) is 9.80 Å². The SMILES string of the molecule is CC#CC(=O)N1CCC2(CC1)N(C)C(=O)CS2(=O)=O. The Labute approximate surface area is 112 Å². The fourth-order valence-electron chi connectivity index (χ4n) is 2.72. The van der Waals surface area contributed by atoms with Gasteiger partial charge in [-0.25, -0.2) is 8.42 Å². The molecule has 0 radical (unpaired) electrons. The Hall–Kier alpha value is -1.55. The third kappa shape index (κ3) is 2.00. The van der Waals surface area contributed by atoms with Crippen molar-refractivity contribution >= 4 is 21.7 Å². The molecule has 2 aliphatic rings. The first-order chi connectivity index (χ1) is 8.84. The number of amides is 2. The third-order valence-electron chi connectivity index (χ3n) is 3.94. The van der Waals surface area contributed by atoms with Gasteiger partial charge in [0.1, 0.15) is 10.6 Å². The summed E-state index contributed by atoms with van der Waals surface area (Å²) in [5.41, 5.74) is 0. The first-order valence-electron chi connectivity index (χ1n) is 6.05. The van der Waals surface area contributed by atoms with Crippen LogP contribution in [0.3, 0.4) is 0 Å². The van der Waals surface area contributed by atoms with Crippen molar-refractivity contribution in [3.63, 3.8) is 0 Å². The zero-order valence-electron chi connectivity index (χ0n) is 11.0. The molecule has 6 nitrogen and oxygen atoms in total. The van der Waals surface area contributed by atoms with E-state index in [9.17, 15) is 18.0 Å². The van der Waals surface area contributed by atoms with Crippen LogP contribution in [-0.4, -0.2) is 60.8 Å². The van der Waals surface area contributed by atoms with Gasteiger partial charge in [0.2, 0.25) is 5.91 Å². The van der Waals surface area contributed by atoms with E-state index in [0.717, 1.165) is 0 Å². The predicted molar refractivity (Wildman–Crippen MR) is 68.6 cm³/mol. The number of carbonyl (C=O) groups is 2. The maximum absolute atomic E-state index is 12.2. The molecular formula is C12H16N2O4S. The molecule has 0 aromatic heterocycles. The second-order valence-electron chi connectivity index (χ2n) is 4.83. The molecule has 104 valence electrons. The Morgan fingerprint density at radius 2 is 1.89 bits per heavy atom. The first-order valence-corrected chi connectivity index (χ1v) is 7.70. The van der Waals surface area contributed by atoms with Gasteiger partial charge < -0.3 is 9.80 Å². The van der Waals surface area contributed by atoms with Gasteiger partial charge in [-0.2, -0.15) is 0 Å². The number of rotatable bonds is 0. The fourth-order valence-corrected chi connectivity index (χ4v) is 4.83. The molecule has 0 unspecified atom stereocenters.